The van der Waals surface area contributed by atoms with E-state index < -0.39 is 180 Å². The molecule has 13 aromatic rings. The van der Waals surface area contributed by atoms with Crippen LogP contribution < -0.4 is 30.1 Å². The first-order valence-corrected chi connectivity index (χ1v) is 28.4. The number of para-hydroxylation sites is 1. The first-order chi connectivity index (χ1) is 50.5. The average molecular weight is 1110 g/mol. The summed E-state index contributed by atoms with van der Waals surface area (Å²) in [6.07, 6.45) is 5.14. The van der Waals surface area contributed by atoms with E-state index in [4.69, 9.17) is 23.4 Å². The second kappa shape index (κ2) is 20.6. The fourth-order valence-corrected chi connectivity index (χ4v) is 14.9. The van der Waals surface area contributed by atoms with Crippen LogP contribution in [0.2, 0.25) is 0 Å². The third kappa shape index (κ3) is 9.14. The zero-order valence-electron chi connectivity index (χ0n) is 71.4. The van der Waals surface area contributed by atoms with Crippen LogP contribution in [0.3, 0.4) is 0 Å². The summed E-state index contributed by atoms with van der Waals surface area (Å²) < 4.78 is 256. The highest BCUT2D eigenvalue weighted by Gasteiger charge is 2.45. The van der Waals surface area contributed by atoms with Crippen molar-refractivity contribution in [3.05, 3.63) is 283 Å². The number of hydrogen-bond acceptors (Lipinski definition) is 2. The molecule has 0 radical (unpaired) electrons. The van der Waals surface area contributed by atoms with Crippen molar-refractivity contribution in [2.24, 2.45) is 0 Å². The number of hydrogen-bond donors (Lipinski definition) is 0. The summed E-state index contributed by atoms with van der Waals surface area (Å²) in [6, 6.07) is 14.3. The number of nitrogens with zero attached hydrogens (tertiary/aromatic N) is 4. The summed E-state index contributed by atoms with van der Waals surface area (Å²) in [6.45, 7) is 5.46. The van der Waals surface area contributed by atoms with Gasteiger partial charge in [0.15, 0.2) is 8.07 Å². The van der Waals surface area contributed by atoms with Crippen LogP contribution in [0.4, 0.5) is 0 Å². The van der Waals surface area contributed by atoms with Gasteiger partial charge in [0.05, 0.1) is 60.9 Å². The lowest BCUT2D eigenvalue weighted by atomic mass is 9.84. The van der Waals surface area contributed by atoms with Gasteiger partial charge in [-0.1, -0.05) is 229 Å². The smallest absolute Gasteiger partial charge is 0.269 e. The van der Waals surface area contributed by atoms with Crippen LogP contribution in [0.25, 0.3) is 72.3 Å². The van der Waals surface area contributed by atoms with Crippen LogP contribution in [0.15, 0.2) is 254 Å². The zero-order valence-corrected chi connectivity index (χ0v) is 46.4. The number of fused-ring (bicyclic) bond motifs is 4. The van der Waals surface area contributed by atoms with Gasteiger partial charge in [-0.15, -0.1) is 0 Å². The molecule has 400 valence electrons. The molecular formula is C76H66N4OSi. The van der Waals surface area contributed by atoms with Crippen LogP contribution in [0.5, 0.6) is 11.5 Å². The van der Waals surface area contributed by atoms with Crippen molar-refractivity contribution >= 4 is 61.7 Å². The zero-order chi connectivity index (χ0) is 78.7. The van der Waals surface area contributed by atoms with E-state index in [1.165, 1.54) is 57.7 Å². The Morgan fingerprint density at radius 3 is 1.78 bits per heavy atom. The first-order valence-electron chi connectivity index (χ1n) is 39.4. The van der Waals surface area contributed by atoms with Crippen molar-refractivity contribution in [3.63, 3.8) is 0 Å². The van der Waals surface area contributed by atoms with Gasteiger partial charge in [0.2, 0.25) is 0 Å². The van der Waals surface area contributed by atoms with Gasteiger partial charge < -0.3 is 4.74 Å². The predicted molar refractivity (Wildman–Crippen MR) is 344 cm³/mol. The van der Waals surface area contributed by atoms with Gasteiger partial charge in [-0.3, -0.25) is 13.7 Å². The number of aromatic nitrogens is 4. The Morgan fingerprint density at radius 2 is 1.13 bits per heavy atom. The van der Waals surface area contributed by atoms with Crippen molar-refractivity contribution in [1.82, 2.24) is 14.1 Å². The highest BCUT2D eigenvalue weighted by Crippen LogP contribution is 2.38. The summed E-state index contributed by atoms with van der Waals surface area (Å²) in [5.41, 5.74) is -1.09. The van der Waals surface area contributed by atoms with Gasteiger partial charge in [0.1, 0.15) is 17.3 Å². The summed E-state index contributed by atoms with van der Waals surface area (Å²) in [7, 11) is -6.35. The molecule has 3 aromatic heterocycles. The van der Waals surface area contributed by atoms with Gasteiger partial charge in [-0.05, 0) is 144 Å². The van der Waals surface area contributed by atoms with Crippen LogP contribution in [0.1, 0.15) is 99.4 Å². The average Bonchev–Trinajstić information content (AvgIpc) is 0.745. The van der Waals surface area contributed by atoms with Gasteiger partial charge in [-0.2, -0.15) is 0 Å². The largest absolute Gasteiger partial charge is 0.458 e. The maximum atomic E-state index is 10.2. The van der Waals surface area contributed by atoms with Crippen LogP contribution >= 0.6 is 0 Å². The number of pyridine rings is 1. The van der Waals surface area contributed by atoms with E-state index in [-0.39, 0.29) is 61.3 Å². The summed E-state index contributed by atoms with van der Waals surface area (Å²) in [4.78, 5) is 4.84. The molecule has 13 rings (SSSR count). The topological polar surface area (TPSA) is 35.9 Å². The third-order valence-electron chi connectivity index (χ3n) is 14.8. The summed E-state index contributed by atoms with van der Waals surface area (Å²) in [5.74, 6) is 1.17. The Hall–Kier alpha value is -9.36. The fourth-order valence-electron chi connectivity index (χ4n) is 10.8. The van der Waals surface area contributed by atoms with Crippen LogP contribution in [-0.2, 0) is 10.8 Å². The number of ether oxygens (including phenoxy) is 1. The fraction of sp³-hybridized carbons (Fsp3) is 0.132. The second-order valence-corrected chi connectivity index (χ2v) is 25.4. The molecule has 0 saturated carbocycles. The number of imidazole rings is 1. The summed E-state index contributed by atoms with van der Waals surface area (Å²) >= 11 is 0. The standard InChI is InChI=1S/C76H66N4OSi/c1-52-25-23-26-53(2)73(52)55-39-42-68-70(45-55)78(58-29-24-30-59(49-58)81-60-40-41-65-64-37-21-22-38-67(64)80(69(65)50-60)72-48-56(43-44-77-72)75(3,4)5)51-79(68)74-66(54-27-13-9-14-28-54)46-57(76(6,7)8)47-71(74)82(61-31-15-10-16-32-61,62-33-17-11-18-34-62)63-35-19-12-20-36-63/h9-50H,1-8H3/i1D3,2D3,9D,10D,11D,12D,13D,14D,15D,16D,17D,18D,19D,20D,27D,28D,31D,32D,33D,34D,35D,36D. The van der Waals surface area contributed by atoms with Crippen molar-refractivity contribution in [3.8, 4) is 50.9 Å². The van der Waals surface area contributed by atoms with E-state index in [1.54, 1.807) is 57.3 Å². The van der Waals surface area contributed by atoms with E-state index in [0.717, 1.165) is 27.4 Å². The first kappa shape index (κ1) is 30.5. The van der Waals surface area contributed by atoms with Crippen molar-refractivity contribution in [2.45, 2.75) is 66.1 Å². The molecule has 0 bridgehead atoms. The lowest BCUT2D eigenvalue weighted by Gasteiger charge is -2.38. The van der Waals surface area contributed by atoms with Gasteiger partial charge in [0, 0.05) is 31.3 Å². The minimum Gasteiger partial charge on any atom is -0.458 e. The Morgan fingerprint density at radius 1 is 0.524 bits per heavy atom. The molecule has 3 heterocycles. The van der Waals surface area contributed by atoms with Crippen LogP contribution in [0, 0.1) is 20.0 Å². The predicted octanol–water partition coefficient (Wildman–Crippen LogP) is 15.9. The van der Waals surface area contributed by atoms with E-state index in [2.05, 4.69) is 27.1 Å². The van der Waals surface area contributed by atoms with E-state index >= 15 is 0 Å². The molecule has 0 atom stereocenters. The van der Waals surface area contributed by atoms with Gasteiger partial charge in [-0.25, -0.2) is 4.98 Å². The molecule has 0 amide bonds. The summed E-state index contributed by atoms with van der Waals surface area (Å²) in [5, 5.41) is -1.44. The maximum absolute atomic E-state index is 10.2. The molecule has 6 heteroatoms. The van der Waals surface area contributed by atoms with Crippen molar-refractivity contribution < 1.29 is 44.9 Å². The third-order valence-corrected chi connectivity index (χ3v) is 19.0. The van der Waals surface area contributed by atoms with E-state index in [1.807, 2.05) is 53.1 Å². The Kier molecular flexibility index (Phi) is 7.66. The molecule has 0 unspecified atom stereocenters. The monoisotopic (exact) mass is 1100 g/mol. The lowest BCUT2D eigenvalue weighted by molar-refractivity contribution is -0.570. The molecular weight excluding hydrogens is 1010 g/mol. The van der Waals surface area contributed by atoms with E-state index in [9.17, 15) is 21.9 Å². The molecule has 0 spiro atoms. The molecule has 10 aromatic carbocycles. The minimum atomic E-state index is -6.35. The van der Waals surface area contributed by atoms with E-state index in [0.29, 0.717) is 11.6 Å². The van der Waals surface area contributed by atoms with Gasteiger partial charge in [0.25, 0.3) is 6.33 Å². The normalized spacial score (nSPS) is 17.0. The van der Waals surface area contributed by atoms with Crippen molar-refractivity contribution in [2.75, 3.05) is 0 Å². The van der Waals surface area contributed by atoms with Crippen molar-refractivity contribution in [1.29, 1.82) is 0 Å². The molecule has 0 aliphatic heterocycles. The number of aryl methyl sites for hydroxylation is 2. The SMILES string of the molecule is [2H]c1c([2H])c([2H])c(-c2cc(C(C)(C)C)cc([Si](c3c([2H])c([2H])c([2H])c([2H])c3[2H])(c3c([2H])c([2H])c([2H])c([2H])c3[2H])c3c([2H])c([2H])c([2H])c([2H])c3[2H])c2-[n+]2[c-]n(-c3cccc(Oc4ccc5c6ccccc6n(-c6cc(C(C)(C)C)ccn6)c5c4)c3)c3cc(-c4c(C([2H])([2H])[2H])cccc4C([2H])([2H])[2H])ccc32)c([2H])c1[2H]. The molecule has 0 aliphatic rings. The highest BCUT2D eigenvalue weighted by molar-refractivity contribution is 7.20. The van der Waals surface area contributed by atoms with Crippen LogP contribution in [-0.4, -0.2) is 22.2 Å². The highest BCUT2D eigenvalue weighted by atomic mass is 28.3. The molecule has 0 saturated heterocycles. The number of rotatable bonds is 11. The Bertz CT molecular complexity index is 5690. The molecule has 0 fully saturated rings. The molecule has 5 nitrogen and oxygen atoms in total. The minimum absolute atomic E-state index is 0.00374. The maximum Gasteiger partial charge on any atom is 0.269 e. The Balaban J connectivity index is 1.25. The van der Waals surface area contributed by atoms with Gasteiger partial charge >= 0.3 is 0 Å². The lowest BCUT2D eigenvalue weighted by Crippen LogP contribution is -2.76. The molecule has 0 aliphatic carbocycles. The Labute approximate surface area is 519 Å². The second-order valence-electron chi connectivity index (χ2n) is 21.9. The quantitative estimate of drug-likeness (QED) is 0.0560. The molecule has 82 heavy (non-hydrogen) atoms. The molecule has 0 N–H and O–H groups in total. The number of benzene rings is 10.